The van der Waals surface area contributed by atoms with Gasteiger partial charge in [0.1, 0.15) is 11.6 Å². The van der Waals surface area contributed by atoms with Crippen LogP contribution in [-0.2, 0) is 0 Å². The van der Waals surface area contributed by atoms with Crippen molar-refractivity contribution >= 4 is 61.8 Å². The highest BCUT2D eigenvalue weighted by Gasteiger charge is 2.12. The Morgan fingerprint density at radius 2 is 1.95 bits per heavy atom. The summed E-state index contributed by atoms with van der Waals surface area (Å²) >= 11 is 10.5. The lowest BCUT2D eigenvalue weighted by Gasteiger charge is -2.07. The molecule has 0 saturated carbocycles. The third-order valence-corrected chi connectivity index (χ3v) is 4.63. The highest BCUT2D eigenvalue weighted by Crippen LogP contribution is 2.27. The summed E-state index contributed by atoms with van der Waals surface area (Å²) < 4.78 is 30.1. The van der Waals surface area contributed by atoms with Gasteiger partial charge in [-0.25, -0.2) is 8.78 Å². The molecule has 1 N–H and O–H groups in total. The smallest absolute Gasteiger partial charge is 0.182 e. The van der Waals surface area contributed by atoms with Crippen molar-refractivity contribution in [3.63, 3.8) is 0 Å². The maximum atomic E-state index is 13.7. The van der Waals surface area contributed by atoms with Gasteiger partial charge in [0.15, 0.2) is 4.77 Å². The highest BCUT2D eigenvalue weighted by molar-refractivity contribution is 14.1. The molecular weight excluding hydrogens is 461 g/mol. The number of fused-ring (bicyclic) bond motifs is 1. The first kappa shape index (κ1) is 14.2. The van der Waals surface area contributed by atoms with Gasteiger partial charge in [-0.3, -0.25) is 4.57 Å². The summed E-state index contributed by atoms with van der Waals surface area (Å²) in [5.41, 5.74) is 2.04. The van der Waals surface area contributed by atoms with Gasteiger partial charge in [-0.15, -0.1) is 0 Å². The Morgan fingerprint density at radius 1 is 1.20 bits per heavy atom. The average Bonchev–Trinajstić information content (AvgIpc) is 2.66. The summed E-state index contributed by atoms with van der Waals surface area (Å²) in [6.45, 7) is 0. The van der Waals surface area contributed by atoms with Crippen LogP contribution in [0.1, 0.15) is 0 Å². The molecule has 0 saturated heterocycles. The molecule has 1 aromatic heterocycles. The number of rotatable bonds is 1. The van der Waals surface area contributed by atoms with E-state index in [9.17, 15) is 8.78 Å². The largest absolute Gasteiger partial charge is 0.330 e. The Balaban J connectivity index is 2.39. The van der Waals surface area contributed by atoms with Crippen LogP contribution in [0.15, 0.2) is 34.8 Å². The molecule has 3 aromatic rings. The minimum absolute atomic E-state index is 0.321. The Morgan fingerprint density at radius 3 is 2.65 bits per heavy atom. The van der Waals surface area contributed by atoms with Gasteiger partial charge in [0.05, 0.1) is 21.2 Å². The third kappa shape index (κ3) is 2.31. The van der Waals surface area contributed by atoms with Gasteiger partial charge in [-0.2, -0.15) is 0 Å². The van der Waals surface area contributed by atoms with Crippen molar-refractivity contribution in [2.45, 2.75) is 0 Å². The van der Waals surface area contributed by atoms with Crippen molar-refractivity contribution in [2.24, 2.45) is 0 Å². The molecular formula is C13H6BrF2IN2S. The van der Waals surface area contributed by atoms with Crippen LogP contribution in [0.2, 0.25) is 0 Å². The van der Waals surface area contributed by atoms with E-state index < -0.39 is 0 Å². The van der Waals surface area contributed by atoms with E-state index in [4.69, 9.17) is 12.2 Å². The molecule has 1 heterocycles. The van der Waals surface area contributed by atoms with Gasteiger partial charge in [-0.05, 0) is 75.0 Å². The first-order valence-electron chi connectivity index (χ1n) is 5.52. The fourth-order valence-electron chi connectivity index (χ4n) is 2.00. The normalized spacial score (nSPS) is 11.2. The average molecular weight is 467 g/mol. The number of nitrogens with one attached hydrogen (secondary N) is 1. The predicted octanol–water partition coefficient (Wildman–Crippen LogP) is 5.33. The van der Waals surface area contributed by atoms with Crippen molar-refractivity contribution in [1.82, 2.24) is 9.55 Å². The molecule has 0 spiro atoms. The number of halogens is 4. The van der Waals surface area contributed by atoms with Crippen molar-refractivity contribution in [1.29, 1.82) is 0 Å². The Bertz CT molecular complexity index is 888. The third-order valence-electron chi connectivity index (χ3n) is 2.87. The van der Waals surface area contributed by atoms with Gasteiger partial charge in [-0.1, -0.05) is 0 Å². The van der Waals surface area contributed by atoms with Gasteiger partial charge >= 0.3 is 0 Å². The van der Waals surface area contributed by atoms with Crippen LogP contribution < -0.4 is 0 Å². The van der Waals surface area contributed by atoms with Crippen LogP contribution in [0.3, 0.4) is 0 Å². The topological polar surface area (TPSA) is 20.7 Å². The molecule has 0 aliphatic rings. The molecule has 0 bridgehead atoms. The molecule has 3 rings (SSSR count). The van der Waals surface area contributed by atoms with E-state index in [1.807, 2.05) is 22.6 Å². The van der Waals surface area contributed by atoms with Crippen molar-refractivity contribution in [2.75, 3.05) is 0 Å². The second kappa shape index (κ2) is 5.19. The second-order valence-electron chi connectivity index (χ2n) is 4.14. The Kier molecular flexibility index (Phi) is 3.67. The summed E-state index contributed by atoms with van der Waals surface area (Å²) in [7, 11) is 0. The number of aromatic amines is 1. The molecule has 2 nitrogen and oxygen atoms in total. The van der Waals surface area contributed by atoms with Crippen molar-refractivity contribution < 1.29 is 8.78 Å². The molecule has 7 heteroatoms. The van der Waals surface area contributed by atoms with Crippen LogP contribution in [-0.4, -0.2) is 9.55 Å². The molecule has 0 unspecified atom stereocenters. The van der Waals surface area contributed by atoms with E-state index in [1.54, 1.807) is 16.7 Å². The van der Waals surface area contributed by atoms with Gasteiger partial charge in [0, 0.05) is 9.64 Å². The molecule has 102 valence electrons. The van der Waals surface area contributed by atoms with E-state index in [-0.39, 0.29) is 11.6 Å². The molecule has 0 radical (unpaired) electrons. The highest BCUT2D eigenvalue weighted by atomic mass is 127. The first-order valence-corrected chi connectivity index (χ1v) is 7.80. The van der Waals surface area contributed by atoms with Gasteiger partial charge < -0.3 is 4.98 Å². The number of hydrogen-bond donors (Lipinski definition) is 1. The monoisotopic (exact) mass is 466 g/mol. The van der Waals surface area contributed by atoms with E-state index in [0.29, 0.717) is 29.5 Å². The maximum absolute atomic E-state index is 13.7. The summed E-state index contributed by atoms with van der Waals surface area (Å²) in [5, 5.41) is 0. The van der Waals surface area contributed by atoms with Crippen LogP contribution in [0, 0.1) is 20.0 Å². The number of benzene rings is 2. The zero-order valence-electron chi connectivity index (χ0n) is 9.75. The van der Waals surface area contributed by atoms with Gasteiger partial charge in [0.25, 0.3) is 0 Å². The fourth-order valence-corrected chi connectivity index (χ4v) is 3.37. The zero-order valence-corrected chi connectivity index (χ0v) is 14.3. The number of aromatic nitrogens is 2. The molecule has 0 fully saturated rings. The van der Waals surface area contributed by atoms with E-state index in [2.05, 4.69) is 20.9 Å². The standard InChI is InChI=1S/C13H6BrF2IN2S/c14-7-4-10-12(5-8(7)16)19(13(20)18-10)11-2-1-6(15)3-9(11)17/h1-5H,(H,18,20). The molecule has 2 aromatic carbocycles. The zero-order chi connectivity index (χ0) is 14.4. The minimum atomic E-state index is -0.377. The number of imidazole rings is 1. The van der Waals surface area contributed by atoms with E-state index in [1.165, 1.54) is 18.2 Å². The van der Waals surface area contributed by atoms with E-state index in [0.717, 1.165) is 0 Å². The Hall–Kier alpha value is -0.800. The number of nitrogens with zero attached hydrogens (tertiary/aromatic N) is 1. The SMILES string of the molecule is Fc1ccc(-n2c(=S)[nH]c3cc(Br)c(F)cc32)c(I)c1. The molecule has 0 atom stereocenters. The van der Waals surface area contributed by atoms with Crippen LogP contribution in [0.4, 0.5) is 8.78 Å². The van der Waals surface area contributed by atoms with Crippen LogP contribution in [0.5, 0.6) is 0 Å². The number of H-pyrrole nitrogens is 1. The lowest BCUT2D eigenvalue weighted by atomic mass is 10.2. The molecule has 20 heavy (non-hydrogen) atoms. The first-order chi connectivity index (χ1) is 9.47. The fraction of sp³-hybridized carbons (Fsp3) is 0. The van der Waals surface area contributed by atoms with Crippen LogP contribution in [0.25, 0.3) is 16.7 Å². The summed E-state index contributed by atoms with van der Waals surface area (Å²) in [5.74, 6) is -0.698. The lowest BCUT2D eigenvalue weighted by Crippen LogP contribution is -1.98. The summed E-state index contributed by atoms with van der Waals surface area (Å²) in [4.78, 5) is 3.02. The molecule has 0 aliphatic carbocycles. The predicted molar refractivity (Wildman–Crippen MR) is 88.8 cm³/mol. The summed E-state index contributed by atoms with van der Waals surface area (Å²) in [6, 6.07) is 7.41. The lowest BCUT2D eigenvalue weighted by molar-refractivity contribution is 0.622. The quantitative estimate of drug-likeness (QED) is 0.379. The minimum Gasteiger partial charge on any atom is -0.330 e. The van der Waals surface area contributed by atoms with Crippen LogP contribution >= 0.6 is 50.7 Å². The summed E-state index contributed by atoms with van der Waals surface area (Å²) in [6.07, 6.45) is 0. The maximum Gasteiger partial charge on any atom is 0.182 e. The molecule has 0 aliphatic heterocycles. The van der Waals surface area contributed by atoms with Gasteiger partial charge in [0.2, 0.25) is 0 Å². The Labute approximate surface area is 140 Å². The number of hydrogen-bond acceptors (Lipinski definition) is 1. The van der Waals surface area contributed by atoms with Crippen molar-refractivity contribution in [3.05, 3.63) is 54.8 Å². The molecule has 0 amide bonds. The second-order valence-corrected chi connectivity index (χ2v) is 6.55. The van der Waals surface area contributed by atoms with Crippen molar-refractivity contribution in [3.8, 4) is 5.69 Å². The van der Waals surface area contributed by atoms with E-state index >= 15 is 0 Å².